The third-order valence-electron chi connectivity index (χ3n) is 1.87. The minimum Gasteiger partial charge on any atom is -0.497 e. The molecule has 0 bridgehead atoms. The number of pyridine rings is 1. The normalized spacial score (nSPS) is 10.3. The summed E-state index contributed by atoms with van der Waals surface area (Å²) in [4.78, 5) is 4.17. The molecule has 13 heavy (non-hydrogen) atoms. The summed E-state index contributed by atoms with van der Waals surface area (Å²) in [6.45, 7) is 0. The molecule has 0 radical (unpaired) electrons. The Hall–Kier alpha value is -1.28. The van der Waals surface area contributed by atoms with Gasteiger partial charge < -0.3 is 4.74 Å². The van der Waals surface area contributed by atoms with Gasteiger partial charge in [0.15, 0.2) is 0 Å². The fraction of sp³-hybridized carbons (Fsp3) is 0.100. The van der Waals surface area contributed by atoms with Gasteiger partial charge in [0.1, 0.15) is 5.75 Å². The highest BCUT2D eigenvalue weighted by Gasteiger charge is 2.02. The molecule has 0 amide bonds. The number of ether oxygens (including phenoxy) is 1. The Kier molecular flexibility index (Phi) is 2.07. The highest BCUT2D eigenvalue weighted by Crippen LogP contribution is 2.26. The zero-order chi connectivity index (χ0) is 9.26. The number of fused-ring (bicyclic) bond motifs is 1. The van der Waals surface area contributed by atoms with Gasteiger partial charge in [-0.15, -0.1) is 0 Å². The summed E-state index contributed by atoms with van der Waals surface area (Å²) in [7, 11) is 1.62. The lowest BCUT2D eigenvalue weighted by Crippen LogP contribution is -1.84. The first-order valence-corrected chi connectivity index (χ1v) is 4.27. The highest BCUT2D eigenvalue weighted by atomic mass is 35.5. The standard InChI is InChI=1S/C10H8ClNO/c1-13-8-5-7-3-2-4-12-10(7)9(11)6-8/h2-6H,1H3. The number of nitrogens with zero attached hydrogens (tertiary/aromatic N) is 1. The zero-order valence-electron chi connectivity index (χ0n) is 7.12. The van der Waals surface area contributed by atoms with Crippen LogP contribution in [-0.4, -0.2) is 12.1 Å². The van der Waals surface area contributed by atoms with Crippen LogP contribution in [0.25, 0.3) is 10.9 Å². The van der Waals surface area contributed by atoms with Crippen molar-refractivity contribution in [3.8, 4) is 5.75 Å². The summed E-state index contributed by atoms with van der Waals surface area (Å²) in [5.74, 6) is 0.755. The number of hydrogen-bond donors (Lipinski definition) is 0. The van der Waals surface area contributed by atoms with Gasteiger partial charge in [-0.2, -0.15) is 0 Å². The van der Waals surface area contributed by atoms with Gasteiger partial charge in [-0.05, 0) is 12.1 Å². The molecule has 0 unspecified atom stereocenters. The summed E-state index contributed by atoms with van der Waals surface area (Å²) in [5.41, 5.74) is 0.810. The summed E-state index contributed by atoms with van der Waals surface area (Å²) < 4.78 is 5.09. The van der Waals surface area contributed by atoms with Crippen LogP contribution in [-0.2, 0) is 0 Å². The van der Waals surface area contributed by atoms with Gasteiger partial charge in [0.05, 0.1) is 17.6 Å². The highest BCUT2D eigenvalue weighted by molar-refractivity contribution is 6.35. The molecule has 0 spiro atoms. The fourth-order valence-corrected chi connectivity index (χ4v) is 1.51. The van der Waals surface area contributed by atoms with Crippen LogP contribution >= 0.6 is 11.6 Å². The van der Waals surface area contributed by atoms with Crippen molar-refractivity contribution in [1.82, 2.24) is 4.98 Å². The average Bonchev–Trinajstić information content (AvgIpc) is 2.18. The lowest BCUT2D eigenvalue weighted by atomic mass is 10.2. The van der Waals surface area contributed by atoms with Crippen LogP contribution < -0.4 is 4.74 Å². The summed E-state index contributed by atoms with van der Waals surface area (Å²) in [5, 5.41) is 1.61. The van der Waals surface area contributed by atoms with Gasteiger partial charge >= 0.3 is 0 Å². The number of aromatic nitrogens is 1. The molecule has 0 aliphatic rings. The summed E-state index contributed by atoms with van der Waals surface area (Å²) in [6.07, 6.45) is 1.72. The fourth-order valence-electron chi connectivity index (χ4n) is 1.24. The predicted octanol–water partition coefficient (Wildman–Crippen LogP) is 2.90. The number of halogens is 1. The Morgan fingerprint density at radius 2 is 2.23 bits per heavy atom. The van der Waals surface area contributed by atoms with Crippen molar-refractivity contribution < 1.29 is 4.74 Å². The minimum absolute atomic E-state index is 0.620. The second-order valence-corrected chi connectivity index (χ2v) is 3.09. The molecular weight excluding hydrogens is 186 g/mol. The van der Waals surface area contributed by atoms with Crippen molar-refractivity contribution in [2.24, 2.45) is 0 Å². The quantitative estimate of drug-likeness (QED) is 0.695. The van der Waals surface area contributed by atoms with Crippen LogP contribution in [0.1, 0.15) is 0 Å². The Morgan fingerprint density at radius 1 is 1.38 bits per heavy atom. The Bertz CT molecular complexity index is 442. The van der Waals surface area contributed by atoms with Gasteiger partial charge in [-0.25, -0.2) is 0 Å². The Morgan fingerprint density at radius 3 is 3.00 bits per heavy atom. The molecule has 0 aliphatic carbocycles. The number of hydrogen-bond acceptors (Lipinski definition) is 2. The maximum atomic E-state index is 6.00. The molecule has 2 aromatic rings. The van der Waals surface area contributed by atoms with E-state index in [0.29, 0.717) is 5.02 Å². The lowest BCUT2D eigenvalue weighted by molar-refractivity contribution is 0.415. The van der Waals surface area contributed by atoms with Gasteiger partial charge in [-0.3, -0.25) is 4.98 Å². The van der Waals surface area contributed by atoms with Crippen molar-refractivity contribution in [3.05, 3.63) is 35.5 Å². The maximum Gasteiger partial charge on any atom is 0.121 e. The summed E-state index contributed by atoms with van der Waals surface area (Å²) in [6, 6.07) is 7.50. The molecule has 0 N–H and O–H groups in total. The van der Waals surface area contributed by atoms with Gasteiger partial charge in [0.2, 0.25) is 0 Å². The molecular formula is C10H8ClNO. The van der Waals surface area contributed by atoms with E-state index in [9.17, 15) is 0 Å². The van der Waals surface area contributed by atoms with Crippen molar-refractivity contribution in [2.75, 3.05) is 7.11 Å². The van der Waals surface area contributed by atoms with E-state index in [1.165, 1.54) is 0 Å². The lowest BCUT2D eigenvalue weighted by Gasteiger charge is -2.03. The third-order valence-corrected chi connectivity index (χ3v) is 2.16. The second-order valence-electron chi connectivity index (χ2n) is 2.68. The largest absolute Gasteiger partial charge is 0.497 e. The van der Waals surface area contributed by atoms with E-state index < -0.39 is 0 Å². The maximum absolute atomic E-state index is 6.00. The van der Waals surface area contributed by atoms with E-state index in [1.807, 2.05) is 18.2 Å². The van der Waals surface area contributed by atoms with E-state index in [1.54, 1.807) is 19.4 Å². The van der Waals surface area contributed by atoms with E-state index >= 15 is 0 Å². The van der Waals surface area contributed by atoms with Crippen LogP contribution in [0.3, 0.4) is 0 Å². The molecule has 1 heterocycles. The number of rotatable bonds is 1. The van der Waals surface area contributed by atoms with Crippen molar-refractivity contribution in [3.63, 3.8) is 0 Å². The molecule has 2 rings (SSSR count). The van der Waals surface area contributed by atoms with Crippen molar-refractivity contribution >= 4 is 22.5 Å². The molecule has 0 fully saturated rings. The smallest absolute Gasteiger partial charge is 0.121 e. The third kappa shape index (κ3) is 1.45. The topological polar surface area (TPSA) is 22.1 Å². The van der Waals surface area contributed by atoms with Crippen LogP contribution in [0.2, 0.25) is 5.02 Å². The monoisotopic (exact) mass is 193 g/mol. The molecule has 1 aromatic carbocycles. The molecule has 0 atom stereocenters. The second kappa shape index (κ2) is 3.23. The Balaban J connectivity index is 2.77. The minimum atomic E-state index is 0.620. The van der Waals surface area contributed by atoms with Crippen LogP contribution in [0.15, 0.2) is 30.5 Å². The molecule has 66 valence electrons. The van der Waals surface area contributed by atoms with Gasteiger partial charge in [-0.1, -0.05) is 17.7 Å². The first kappa shape index (κ1) is 8.32. The summed E-state index contributed by atoms with van der Waals surface area (Å²) >= 11 is 6.00. The molecule has 3 heteroatoms. The number of methoxy groups -OCH3 is 1. The van der Waals surface area contributed by atoms with Crippen LogP contribution in [0.5, 0.6) is 5.75 Å². The average molecular weight is 194 g/mol. The molecule has 0 saturated heterocycles. The van der Waals surface area contributed by atoms with Gasteiger partial charge in [0, 0.05) is 17.6 Å². The first-order chi connectivity index (χ1) is 6.31. The van der Waals surface area contributed by atoms with E-state index in [-0.39, 0.29) is 0 Å². The van der Waals surface area contributed by atoms with Crippen LogP contribution in [0.4, 0.5) is 0 Å². The molecule has 2 nitrogen and oxygen atoms in total. The van der Waals surface area contributed by atoms with Crippen molar-refractivity contribution in [2.45, 2.75) is 0 Å². The van der Waals surface area contributed by atoms with Crippen molar-refractivity contribution in [1.29, 1.82) is 0 Å². The first-order valence-electron chi connectivity index (χ1n) is 3.89. The van der Waals surface area contributed by atoms with E-state index in [0.717, 1.165) is 16.7 Å². The zero-order valence-corrected chi connectivity index (χ0v) is 7.88. The van der Waals surface area contributed by atoms with E-state index in [4.69, 9.17) is 16.3 Å². The van der Waals surface area contributed by atoms with E-state index in [2.05, 4.69) is 4.98 Å². The molecule has 0 aliphatic heterocycles. The molecule has 1 aromatic heterocycles. The van der Waals surface area contributed by atoms with Gasteiger partial charge in [0.25, 0.3) is 0 Å². The SMILES string of the molecule is COc1cc(Cl)c2ncccc2c1. The Labute approximate surface area is 81.1 Å². The number of benzene rings is 1. The van der Waals surface area contributed by atoms with Crippen LogP contribution in [0, 0.1) is 0 Å². The molecule has 0 saturated carbocycles. The predicted molar refractivity (Wildman–Crippen MR) is 53.3 cm³/mol.